The Morgan fingerprint density at radius 2 is 1.45 bits per heavy atom. The molecule has 0 bridgehead atoms. The first-order valence-corrected chi connectivity index (χ1v) is 7.82. The van der Waals surface area contributed by atoms with Crippen LogP contribution in [0.2, 0.25) is 0 Å². The van der Waals surface area contributed by atoms with E-state index >= 15 is 0 Å². The van der Waals surface area contributed by atoms with Gasteiger partial charge in [0.25, 0.3) is 0 Å². The lowest BCUT2D eigenvalue weighted by molar-refractivity contribution is 0.414. The van der Waals surface area contributed by atoms with Gasteiger partial charge in [0, 0.05) is 24.6 Å². The van der Waals surface area contributed by atoms with E-state index in [9.17, 15) is 0 Å². The van der Waals surface area contributed by atoms with Gasteiger partial charge >= 0.3 is 0 Å². The molecule has 0 radical (unpaired) electrons. The van der Waals surface area contributed by atoms with Crippen LogP contribution in [-0.4, -0.2) is 20.1 Å². The van der Waals surface area contributed by atoms with Gasteiger partial charge in [0.15, 0.2) is 5.96 Å². The van der Waals surface area contributed by atoms with E-state index in [-0.39, 0.29) is 0 Å². The number of guanidine groups is 1. The highest BCUT2D eigenvalue weighted by molar-refractivity contribution is 9.10. The summed E-state index contributed by atoms with van der Waals surface area (Å²) in [5, 5.41) is 6.59. The van der Waals surface area contributed by atoms with Crippen molar-refractivity contribution >= 4 is 21.9 Å². The predicted octanol–water partition coefficient (Wildman–Crippen LogP) is 3.32. The molecule has 0 saturated heterocycles. The average molecular weight is 362 g/mol. The number of nitrogens with one attached hydrogen (secondary N) is 2. The van der Waals surface area contributed by atoms with Crippen molar-refractivity contribution in [2.45, 2.75) is 13.1 Å². The number of hydrogen-bond donors (Lipinski definition) is 2. The second-order valence-electron chi connectivity index (χ2n) is 4.75. The van der Waals surface area contributed by atoms with Crippen LogP contribution in [0.4, 0.5) is 0 Å². The summed E-state index contributed by atoms with van der Waals surface area (Å²) in [5.74, 6) is 1.64. The molecule has 0 aliphatic rings. The zero-order valence-electron chi connectivity index (χ0n) is 12.8. The number of nitrogens with zero attached hydrogens (tertiary/aromatic N) is 1. The van der Waals surface area contributed by atoms with Crippen molar-refractivity contribution in [3.8, 4) is 5.75 Å². The molecule has 0 heterocycles. The van der Waals surface area contributed by atoms with E-state index in [4.69, 9.17) is 4.74 Å². The molecule has 0 aliphatic heterocycles. The van der Waals surface area contributed by atoms with Gasteiger partial charge < -0.3 is 15.4 Å². The molecule has 0 atom stereocenters. The minimum absolute atomic E-state index is 0.712. The van der Waals surface area contributed by atoms with E-state index in [0.29, 0.717) is 6.54 Å². The third kappa shape index (κ3) is 5.07. The fourth-order valence-corrected chi connectivity index (χ4v) is 2.20. The Balaban J connectivity index is 1.82. The Hall–Kier alpha value is -2.01. The average Bonchev–Trinajstić information content (AvgIpc) is 2.57. The van der Waals surface area contributed by atoms with Gasteiger partial charge in [-0.1, -0.05) is 40.2 Å². The SMILES string of the molecule is CN=C(NCc1ccc(Br)cc1)NCc1ccc(OC)cc1. The highest BCUT2D eigenvalue weighted by Crippen LogP contribution is 2.11. The van der Waals surface area contributed by atoms with Crippen molar-refractivity contribution in [2.75, 3.05) is 14.2 Å². The molecule has 0 amide bonds. The Labute approximate surface area is 139 Å². The highest BCUT2D eigenvalue weighted by Gasteiger charge is 2.00. The molecule has 2 rings (SSSR count). The summed E-state index contributed by atoms with van der Waals surface area (Å²) >= 11 is 3.43. The molecule has 0 unspecified atom stereocenters. The predicted molar refractivity (Wildman–Crippen MR) is 94.2 cm³/mol. The van der Waals surface area contributed by atoms with Crippen LogP contribution in [0, 0.1) is 0 Å². The van der Waals surface area contributed by atoms with Crippen LogP contribution in [0.5, 0.6) is 5.75 Å². The largest absolute Gasteiger partial charge is 0.497 e. The number of halogens is 1. The number of rotatable bonds is 5. The minimum atomic E-state index is 0.712. The zero-order valence-corrected chi connectivity index (χ0v) is 14.4. The normalized spacial score (nSPS) is 11.1. The lowest BCUT2D eigenvalue weighted by Crippen LogP contribution is -2.36. The van der Waals surface area contributed by atoms with Crippen molar-refractivity contribution in [3.05, 3.63) is 64.1 Å². The summed E-state index contributed by atoms with van der Waals surface area (Å²) in [6, 6.07) is 16.2. The molecule has 0 aliphatic carbocycles. The molecule has 22 heavy (non-hydrogen) atoms. The summed E-state index contributed by atoms with van der Waals surface area (Å²) in [5.41, 5.74) is 2.38. The summed E-state index contributed by atoms with van der Waals surface area (Å²) in [4.78, 5) is 4.23. The Kier molecular flexibility index (Phi) is 6.27. The lowest BCUT2D eigenvalue weighted by Gasteiger charge is -2.12. The van der Waals surface area contributed by atoms with Crippen LogP contribution in [0.15, 0.2) is 58.0 Å². The zero-order chi connectivity index (χ0) is 15.8. The van der Waals surface area contributed by atoms with Crippen molar-refractivity contribution < 1.29 is 4.74 Å². The summed E-state index contributed by atoms with van der Waals surface area (Å²) in [7, 11) is 3.44. The summed E-state index contributed by atoms with van der Waals surface area (Å²) in [6.07, 6.45) is 0. The van der Waals surface area contributed by atoms with Gasteiger partial charge in [0.1, 0.15) is 5.75 Å². The first-order chi connectivity index (χ1) is 10.7. The van der Waals surface area contributed by atoms with Crippen molar-refractivity contribution in [3.63, 3.8) is 0 Å². The molecule has 0 aromatic heterocycles. The molecule has 4 nitrogen and oxygen atoms in total. The first-order valence-electron chi connectivity index (χ1n) is 7.03. The van der Waals surface area contributed by atoms with Gasteiger partial charge in [0.05, 0.1) is 7.11 Å². The van der Waals surface area contributed by atoms with Gasteiger partial charge in [-0.15, -0.1) is 0 Å². The monoisotopic (exact) mass is 361 g/mol. The molecule has 0 fully saturated rings. The highest BCUT2D eigenvalue weighted by atomic mass is 79.9. The molecular formula is C17H20BrN3O. The maximum atomic E-state index is 5.15. The van der Waals surface area contributed by atoms with Crippen LogP contribution >= 0.6 is 15.9 Å². The fraction of sp³-hybridized carbons (Fsp3) is 0.235. The summed E-state index contributed by atoms with van der Waals surface area (Å²) < 4.78 is 6.23. The van der Waals surface area contributed by atoms with Gasteiger partial charge in [-0.3, -0.25) is 4.99 Å². The maximum absolute atomic E-state index is 5.15. The van der Waals surface area contributed by atoms with Crippen molar-refractivity contribution in [1.29, 1.82) is 0 Å². The number of hydrogen-bond acceptors (Lipinski definition) is 2. The number of methoxy groups -OCH3 is 1. The van der Waals surface area contributed by atoms with Crippen LogP contribution in [0.25, 0.3) is 0 Å². The Bertz CT molecular complexity index is 609. The topological polar surface area (TPSA) is 45.7 Å². The molecule has 2 aromatic rings. The van der Waals surface area contributed by atoms with Crippen LogP contribution in [-0.2, 0) is 13.1 Å². The maximum Gasteiger partial charge on any atom is 0.191 e. The third-order valence-corrected chi connectivity index (χ3v) is 3.74. The third-order valence-electron chi connectivity index (χ3n) is 3.22. The quantitative estimate of drug-likeness (QED) is 0.634. The molecule has 116 valence electrons. The second-order valence-corrected chi connectivity index (χ2v) is 5.67. The Morgan fingerprint density at radius 1 is 0.955 bits per heavy atom. The van der Waals surface area contributed by atoms with E-state index in [0.717, 1.165) is 22.7 Å². The van der Waals surface area contributed by atoms with E-state index in [1.165, 1.54) is 11.1 Å². The van der Waals surface area contributed by atoms with Crippen molar-refractivity contribution in [1.82, 2.24) is 10.6 Å². The first kappa shape index (κ1) is 16.4. The van der Waals surface area contributed by atoms with E-state index < -0.39 is 0 Å². The molecular weight excluding hydrogens is 342 g/mol. The molecule has 0 saturated carbocycles. The van der Waals surface area contributed by atoms with E-state index in [1.807, 2.05) is 36.4 Å². The van der Waals surface area contributed by atoms with E-state index in [1.54, 1.807) is 14.2 Å². The molecule has 5 heteroatoms. The molecule has 0 spiro atoms. The standard InChI is InChI=1S/C17H20BrN3O/c1-19-17(20-11-13-3-7-15(18)8-4-13)21-12-14-5-9-16(22-2)10-6-14/h3-10H,11-12H2,1-2H3,(H2,19,20,21). The summed E-state index contributed by atoms with van der Waals surface area (Å²) in [6.45, 7) is 1.44. The van der Waals surface area contributed by atoms with Gasteiger partial charge in [-0.25, -0.2) is 0 Å². The molecule has 2 N–H and O–H groups in total. The minimum Gasteiger partial charge on any atom is -0.497 e. The molecule has 2 aromatic carbocycles. The van der Waals surface area contributed by atoms with Gasteiger partial charge in [-0.05, 0) is 35.4 Å². The Morgan fingerprint density at radius 3 is 1.91 bits per heavy atom. The van der Waals surface area contributed by atoms with Crippen LogP contribution in [0.1, 0.15) is 11.1 Å². The van der Waals surface area contributed by atoms with Gasteiger partial charge in [-0.2, -0.15) is 0 Å². The number of ether oxygens (including phenoxy) is 1. The smallest absolute Gasteiger partial charge is 0.191 e. The fourth-order valence-electron chi connectivity index (χ4n) is 1.94. The lowest BCUT2D eigenvalue weighted by atomic mass is 10.2. The van der Waals surface area contributed by atoms with Crippen LogP contribution < -0.4 is 15.4 Å². The number of benzene rings is 2. The van der Waals surface area contributed by atoms with E-state index in [2.05, 4.69) is 43.7 Å². The second kappa shape index (κ2) is 8.44. The van der Waals surface area contributed by atoms with Crippen molar-refractivity contribution in [2.24, 2.45) is 4.99 Å². The van der Waals surface area contributed by atoms with Gasteiger partial charge in [0.2, 0.25) is 0 Å². The van der Waals surface area contributed by atoms with Crippen LogP contribution in [0.3, 0.4) is 0 Å². The number of aliphatic imine (C=N–C) groups is 1.